The lowest BCUT2D eigenvalue weighted by Crippen LogP contribution is -1.71. The van der Waals surface area contributed by atoms with Crippen LogP contribution < -0.4 is 5.73 Å². The summed E-state index contributed by atoms with van der Waals surface area (Å²) < 4.78 is 0. The molecule has 2 nitrogen and oxygen atoms in total. The lowest BCUT2D eigenvalue weighted by atomic mass is 10.2. The highest BCUT2D eigenvalue weighted by atomic mass is 16.0. The van der Waals surface area contributed by atoms with Crippen LogP contribution in [-0.2, 0) is 0 Å². The molecule has 0 saturated carbocycles. The summed E-state index contributed by atoms with van der Waals surface area (Å²) in [6.45, 7) is 12.2. The van der Waals surface area contributed by atoms with E-state index in [4.69, 9.17) is 0 Å². The molecule has 0 amide bonds. The molecule has 0 aliphatic rings. The van der Waals surface area contributed by atoms with Crippen LogP contribution in [0.15, 0.2) is 24.3 Å². The first kappa shape index (κ1) is 23.7. The molecule has 0 fully saturated rings. The topological polar surface area (TPSA) is 57.5 Å². The van der Waals surface area contributed by atoms with Crippen LogP contribution in [0.1, 0.15) is 40.2 Å². The molecule has 1 aromatic carbocycles. The summed E-state index contributed by atoms with van der Waals surface area (Å²) in [4.78, 5) is 0. The number of hydrogen-bond donors (Lipinski definition) is 1. The fourth-order valence-corrected chi connectivity index (χ4v) is 0.807. The van der Waals surface area contributed by atoms with E-state index in [1.165, 1.54) is 18.2 Å². The molecule has 94 valence electrons. The van der Waals surface area contributed by atoms with Gasteiger partial charge in [-0.3, -0.25) is 0 Å². The Morgan fingerprint density at radius 2 is 1.13 bits per heavy atom. The van der Waals surface area contributed by atoms with E-state index in [9.17, 15) is 0 Å². The maximum Gasteiger partial charge on any atom is 0 e. The molecule has 15 heavy (non-hydrogen) atoms. The minimum absolute atomic E-state index is 0. The van der Waals surface area contributed by atoms with Crippen molar-refractivity contribution in [3.8, 4) is 0 Å². The van der Waals surface area contributed by atoms with E-state index in [1.54, 1.807) is 0 Å². The maximum atomic E-state index is 4.50. The highest BCUT2D eigenvalue weighted by molar-refractivity contribution is 5.20. The Morgan fingerprint density at radius 3 is 1.27 bits per heavy atom. The molecule has 0 aromatic heterocycles. The van der Waals surface area contributed by atoms with Crippen molar-refractivity contribution in [3.63, 3.8) is 0 Å². The van der Waals surface area contributed by atoms with Gasteiger partial charge in [0.25, 0.3) is 0 Å². The predicted octanol–water partition coefficient (Wildman–Crippen LogP) is 3.35. The highest BCUT2D eigenvalue weighted by Gasteiger charge is 1.80. The first-order valence-corrected chi connectivity index (χ1v) is 5.40. The Hall–Kier alpha value is -0.860. The second kappa shape index (κ2) is 23.2. The van der Waals surface area contributed by atoms with Crippen molar-refractivity contribution < 1.29 is 6.90 Å². The Morgan fingerprint density at radius 1 is 0.867 bits per heavy atom. The summed E-state index contributed by atoms with van der Waals surface area (Å²) in [6, 6.07) is 8.45. The summed E-state index contributed by atoms with van der Waals surface area (Å²) in [6.07, 6.45) is 0. The third-order valence-corrected chi connectivity index (χ3v) is 1.17. The number of hydrogen-bond acceptors (Lipinski definition) is 1. The molecule has 0 heterocycles. The zero-order valence-corrected chi connectivity index (χ0v) is 11.4. The summed E-state index contributed by atoms with van der Waals surface area (Å²) >= 11 is 0. The quantitative estimate of drug-likeness (QED) is 0.712. The van der Waals surface area contributed by atoms with Crippen molar-refractivity contribution in [1.82, 2.24) is 0 Å². The fourth-order valence-electron chi connectivity index (χ4n) is 0.807. The molecule has 0 atom stereocenters. The molecule has 0 bridgehead atoms. The summed E-state index contributed by atoms with van der Waals surface area (Å²) in [7, 11) is 1.50. The second-order valence-corrected chi connectivity index (χ2v) is 2.16. The van der Waals surface area contributed by atoms with Crippen LogP contribution in [0, 0.1) is 13.8 Å². The second-order valence-electron chi connectivity index (χ2n) is 2.16. The van der Waals surface area contributed by atoms with Gasteiger partial charge in [0.2, 0.25) is 0 Å². The van der Waals surface area contributed by atoms with Gasteiger partial charge in [0.1, 0.15) is 0 Å². The van der Waals surface area contributed by atoms with Crippen molar-refractivity contribution in [2.24, 2.45) is 5.73 Å². The van der Waals surface area contributed by atoms with E-state index in [-0.39, 0.29) is 6.90 Å². The fraction of sp³-hybridized carbons (Fsp3) is 0.538. The minimum atomic E-state index is 0. The van der Waals surface area contributed by atoms with Gasteiger partial charge in [0.15, 0.2) is 0 Å². The molecule has 0 unspecified atom stereocenters. The van der Waals surface area contributed by atoms with Gasteiger partial charge in [-0.25, -0.2) is 0 Å². The molecule has 0 saturated heterocycles. The van der Waals surface area contributed by atoms with Gasteiger partial charge < -0.3 is 11.2 Å². The number of aryl methyl sites for hydroxylation is 2. The molecule has 1 aromatic rings. The van der Waals surface area contributed by atoms with Gasteiger partial charge in [0.05, 0.1) is 0 Å². The largest absolute Gasteiger partial charge is 0.412 e. The monoisotopic (exact) mass is 217 g/mol. The lowest BCUT2D eigenvalue weighted by Gasteiger charge is -1.90. The van der Waals surface area contributed by atoms with E-state index in [0.717, 1.165) is 0 Å². The van der Waals surface area contributed by atoms with Gasteiger partial charge in [-0.05, 0) is 20.9 Å². The first-order chi connectivity index (χ1) is 6.79. The van der Waals surface area contributed by atoms with E-state index in [1.807, 2.05) is 27.7 Å². The summed E-state index contributed by atoms with van der Waals surface area (Å²) in [5, 5.41) is 0. The molecule has 0 radical (unpaired) electrons. The zero-order chi connectivity index (χ0) is 12.0. The molecule has 1 rings (SSSR count). The zero-order valence-electron chi connectivity index (χ0n) is 11.4. The van der Waals surface area contributed by atoms with Crippen molar-refractivity contribution in [2.45, 2.75) is 41.5 Å². The maximum absolute atomic E-state index is 4.50. The molecule has 0 spiro atoms. The molecule has 0 aliphatic heterocycles. The Labute approximate surface area is 97.3 Å². The number of rotatable bonds is 0. The molecular formula is C13H31NO. The van der Waals surface area contributed by atoms with Gasteiger partial charge >= 0.3 is 0 Å². The molecular weight excluding hydrogens is 186 g/mol. The van der Waals surface area contributed by atoms with Crippen LogP contribution in [-0.4, -0.2) is 12.5 Å². The number of nitrogens with two attached hydrogens (primary N) is 1. The third kappa shape index (κ3) is 19.5. The Bertz CT molecular complexity index is 176. The summed E-state index contributed by atoms with van der Waals surface area (Å²) in [5.41, 5.74) is 7.18. The number of benzene rings is 1. The smallest absolute Gasteiger partial charge is 0 e. The average molecular weight is 217 g/mol. The Kier molecular flexibility index (Phi) is 36.7. The van der Waals surface area contributed by atoms with Gasteiger partial charge in [-0.15, -0.1) is 0 Å². The lowest BCUT2D eigenvalue weighted by molar-refractivity contribution is 0.824. The van der Waals surface area contributed by atoms with Gasteiger partial charge in [-0.1, -0.05) is 63.1 Å². The average Bonchev–Trinajstić information content (AvgIpc) is 2.26. The van der Waals surface area contributed by atoms with Crippen molar-refractivity contribution in [1.29, 1.82) is 0 Å². The van der Waals surface area contributed by atoms with Gasteiger partial charge in [-0.2, -0.15) is 0 Å². The molecule has 4 N–H and O–H groups in total. The minimum Gasteiger partial charge on any atom is -0.412 e. The first-order valence-electron chi connectivity index (χ1n) is 5.40. The molecule has 0 aliphatic carbocycles. The van der Waals surface area contributed by atoms with Crippen LogP contribution in [0.2, 0.25) is 0 Å². The van der Waals surface area contributed by atoms with E-state index >= 15 is 0 Å². The van der Waals surface area contributed by atoms with E-state index in [0.29, 0.717) is 0 Å². The molecule has 2 heteroatoms. The van der Waals surface area contributed by atoms with Crippen LogP contribution >= 0.6 is 0 Å². The van der Waals surface area contributed by atoms with E-state index < -0.39 is 0 Å². The van der Waals surface area contributed by atoms with Crippen molar-refractivity contribution in [2.75, 3.05) is 7.05 Å². The van der Waals surface area contributed by atoms with Gasteiger partial charge in [0, 0.05) is 1.43 Å². The van der Waals surface area contributed by atoms with Crippen LogP contribution in [0.3, 0.4) is 0 Å². The van der Waals surface area contributed by atoms with Crippen molar-refractivity contribution >= 4 is 0 Å². The normalized spacial score (nSPS) is 6.13. The standard InChI is InChI=1S/C8H10.2C2H6.CH5N.H2O.H2/c1-7-4-3-5-8(2)6-7;3*1-2;;/h3-6H,1-2H3;2*1-2H3;2H2,1H3;1H2;1H. The van der Waals surface area contributed by atoms with Crippen LogP contribution in [0.5, 0.6) is 0 Å². The van der Waals surface area contributed by atoms with Crippen LogP contribution in [0.25, 0.3) is 0 Å². The van der Waals surface area contributed by atoms with Crippen molar-refractivity contribution in [3.05, 3.63) is 35.4 Å². The third-order valence-electron chi connectivity index (χ3n) is 1.17. The Balaban J connectivity index is -0.0000000445. The predicted molar refractivity (Wildman–Crippen MR) is 74.5 cm³/mol. The van der Waals surface area contributed by atoms with E-state index in [2.05, 4.69) is 43.8 Å². The summed E-state index contributed by atoms with van der Waals surface area (Å²) in [5.74, 6) is 0. The van der Waals surface area contributed by atoms with Crippen LogP contribution in [0.4, 0.5) is 0 Å². The SMILES string of the molecule is CC.CC.CN.Cc1cccc(C)c1.O.[HH]. The highest BCUT2D eigenvalue weighted by Crippen LogP contribution is 2.00.